The number of amides is 1. The first-order valence-corrected chi connectivity index (χ1v) is 7.53. The van der Waals surface area contributed by atoms with Crippen LogP contribution in [0.25, 0.3) is 0 Å². The molecule has 2 unspecified atom stereocenters. The Bertz CT molecular complexity index is 493. The summed E-state index contributed by atoms with van der Waals surface area (Å²) in [5, 5.41) is 6.20. The summed E-state index contributed by atoms with van der Waals surface area (Å²) in [6, 6.07) is 5.32. The second-order valence-electron chi connectivity index (χ2n) is 5.84. The third-order valence-electron chi connectivity index (χ3n) is 3.96. The van der Waals surface area contributed by atoms with Crippen LogP contribution in [0.3, 0.4) is 0 Å². The van der Waals surface area contributed by atoms with E-state index in [0.717, 1.165) is 37.1 Å². The summed E-state index contributed by atoms with van der Waals surface area (Å²) in [6.45, 7) is 3.38. The number of hydrogen-bond acceptors (Lipinski definition) is 2. The van der Waals surface area contributed by atoms with E-state index in [-0.39, 0.29) is 11.8 Å². The fourth-order valence-electron chi connectivity index (χ4n) is 2.61. The molecule has 22 heavy (non-hydrogen) atoms. The van der Waals surface area contributed by atoms with E-state index in [1.165, 1.54) is 12.1 Å². The number of rotatable bonds is 5. The molecule has 122 valence electrons. The van der Waals surface area contributed by atoms with Crippen molar-refractivity contribution in [3.8, 4) is 0 Å². The molecule has 1 aliphatic rings. The largest absolute Gasteiger partial charge is 0.416 e. The van der Waals surface area contributed by atoms with E-state index in [9.17, 15) is 18.0 Å². The van der Waals surface area contributed by atoms with Crippen LogP contribution in [0.5, 0.6) is 0 Å². The molecule has 0 aromatic heterocycles. The molecule has 2 atom stereocenters. The van der Waals surface area contributed by atoms with Crippen molar-refractivity contribution in [2.75, 3.05) is 13.1 Å². The van der Waals surface area contributed by atoms with Gasteiger partial charge in [0.25, 0.3) is 0 Å². The van der Waals surface area contributed by atoms with Gasteiger partial charge in [-0.1, -0.05) is 19.1 Å². The predicted octanol–water partition coefficient (Wildman–Crippen LogP) is 2.75. The van der Waals surface area contributed by atoms with E-state index >= 15 is 0 Å². The van der Waals surface area contributed by atoms with Gasteiger partial charge in [-0.15, -0.1) is 0 Å². The summed E-state index contributed by atoms with van der Waals surface area (Å²) >= 11 is 0. The number of hydrogen-bond donors (Lipinski definition) is 2. The summed E-state index contributed by atoms with van der Waals surface area (Å²) in [7, 11) is 0. The van der Waals surface area contributed by atoms with Crippen molar-refractivity contribution in [1.82, 2.24) is 10.6 Å². The Hall–Kier alpha value is -1.56. The average Bonchev–Trinajstić information content (AvgIpc) is 2.97. The molecule has 3 nitrogen and oxygen atoms in total. The van der Waals surface area contributed by atoms with Crippen molar-refractivity contribution in [2.24, 2.45) is 5.92 Å². The lowest BCUT2D eigenvalue weighted by molar-refractivity contribution is -0.137. The zero-order chi connectivity index (χ0) is 16.2. The molecule has 0 aliphatic carbocycles. The quantitative estimate of drug-likeness (QED) is 0.877. The number of benzene rings is 1. The van der Waals surface area contributed by atoms with Gasteiger partial charge in [-0.25, -0.2) is 0 Å². The van der Waals surface area contributed by atoms with Gasteiger partial charge in [-0.3, -0.25) is 4.79 Å². The Balaban J connectivity index is 1.82. The van der Waals surface area contributed by atoms with Crippen LogP contribution in [-0.2, 0) is 17.4 Å². The molecule has 0 bridgehead atoms. The van der Waals surface area contributed by atoms with E-state index in [2.05, 4.69) is 10.6 Å². The molecule has 1 aliphatic heterocycles. The molecule has 1 aromatic carbocycles. The van der Waals surface area contributed by atoms with Crippen molar-refractivity contribution in [1.29, 1.82) is 0 Å². The van der Waals surface area contributed by atoms with E-state index in [1.54, 1.807) is 6.92 Å². The van der Waals surface area contributed by atoms with Gasteiger partial charge >= 0.3 is 6.18 Å². The van der Waals surface area contributed by atoms with Crippen molar-refractivity contribution in [3.05, 3.63) is 35.4 Å². The molecule has 6 heteroatoms. The highest BCUT2D eigenvalue weighted by Crippen LogP contribution is 2.29. The zero-order valence-corrected chi connectivity index (χ0v) is 12.5. The summed E-state index contributed by atoms with van der Waals surface area (Å²) in [5.41, 5.74) is 0.0651. The van der Waals surface area contributed by atoms with Gasteiger partial charge in [0, 0.05) is 18.5 Å². The average molecular weight is 314 g/mol. The van der Waals surface area contributed by atoms with Crippen LogP contribution in [-0.4, -0.2) is 25.0 Å². The van der Waals surface area contributed by atoms with Crippen LogP contribution in [0.4, 0.5) is 13.2 Å². The van der Waals surface area contributed by atoms with Gasteiger partial charge < -0.3 is 10.6 Å². The number of alkyl halides is 3. The maximum Gasteiger partial charge on any atom is 0.416 e. The maximum absolute atomic E-state index is 12.5. The predicted molar refractivity (Wildman–Crippen MR) is 78.3 cm³/mol. The van der Waals surface area contributed by atoms with Gasteiger partial charge in [0.1, 0.15) is 0 Å². The summed E-state index contributed by atoms with van der Waals surface area (Å²) < 4.78 is 37.5. The molecule has 0 spiro atoms. The normalized spacial score (nSPS) is 19.9. The van der Waals surface area contributed by atoms with Crippen LogP contribution >= 0.6 is 0 Å². The molecule has 1 fully saturated rings. The summed E-state index contributed by atoms with van der Waals surface area (Å²) in [6.07, 6.45) is -1.70. The lowest BCUT2D eigenvalue weighted by atomic mass is 9.99. The first-order chi connectivity index (χ1) is 10.4. The highest BCUT2D eigenvalue weighted by atomic mass is 19.4. The molecule has 0 saturated carbocycles. The minimum absolute atomic E-state index is 0.0615. The minimum atomic E-state index is -4.32. The zero-order valence-electron chi connectivity index (χ0n) is 12.5. The van der Waals surface area contributed by atoms with Crippen LogP contribution in [0.1, 0.15) is 30.9 Å². The third-order valence-corrected chi connectivity index (χ3v) is 3.96. The number of nitrogens with one attached hydrogen (secondary N) is 2. The lowest BCUT2D eigenvalue weighted by Gasteiger charge is -2.16. The molecular formula is C16H21F3N2O. The molecular weight excluding hydrogens is 293 g/mol. The molecule has 2 rings (SSSR count). The fraction of sp³-hybridized carbons (Fsp3) is 0.562. The SMILES string of the molecule is CC(Cc1ccc(C(F)(F)F)cc1)C(=O)NCC1CCCN1. The van der Waals surface area contributed by atoms with Gasteiger partial charge in [-0.05, 0) is 43.5 Å². The van der Waals surface area contributed by atoms with Gasteiger partial charge in [0.15, 0.2) is 0 Å². The van der Waals surface area contributed by atoms with Crippen LogP contribution < -0.4 is 10.6 Å². The highest BCUT2D eigenvalue weighted by molar-refractivity contribution is 5.78. The van der Waals surface area contributed by atoms with Crippen molar-refractivity contribution in [3.63, 3.8) is 0 Å². The van der Waals surface area contributed by atoms with Gasteiger partial charge in [-0.2, -0.15) is 13.2 Å². The molecule has 1 amide bonds. The Labute approximate surface area is 128 Å². The number of carbonyl (C=O) groups excluding carboxylic acids is 1. The summed E-state index contributed by atoms with van der Waals surface area (Å²) in [5.74, 6) is -0.327. The lowest BCUT2D eigenvalue weighted by Crippen LogP contribution is -2.39. The smallest absolute Gasteiger partial charge is 0.354 e. The third kappa shape index (κ3) is 4.73. The van der Waals surface area contributed by atoms with E-state index in [0.29, 0.717) is 19.0 Å². The molecule has 1 saturated heterocycles. The standard InChI is InChI=1S/C16H21F3N2O/c1-11(15(22)21-10-14-3-2-8-20-14)9-12-4-6-13(7-5-12)16(17,18)19/h4-7,11,14,20H,2-3,8-10H2,1H3,(H,21,22). The van der Waals surface area contributed by atoms with Gasteiger partial charge in [0.2, 0.25) is 5.91 Å². The second kappa shape index (κ2) is 7.13. The highest BCUT2D eigenvalue weighted by Gasteiger charge is 2.30. The second-order valence-corrected chi connectivity index (χ2v) is 5.84. The maximum atomic E-state index is 12.5. The molecule has 1 aromatic rings. The number of halogens is 3. The van der Waals surface area contributed by atoms with Crippen LogP contribution in [0.15, 0.2) is 24.3 Å². The monoisotopic (exact) mass is 314 g/mol. The Morgan fingerprint density at radius 2 is 2.05 bits per heavy atom. The van der Waals surface area contributed by atoms with Crippen molar-refractivity contribution < 1.29 is 18.0 Å². The molecule has 0 radical (unpaired) electrons. The van der Waals surface area contributed by atoms with E-state index in [1.807, 2.05) is 0 Å². The summed E-state index contributed by atoms with van der Waals surface area (Å²) in [4.78, 5) is 12.0. The first kappa shape index (κ1) is 16.8. The Morgan fingerprint density at radius 3 is 2.59 bits per heavy atom. The Kier molecular flexibility index (Phi) is 5.45. The Morgan fingerprint density at radius 1 is 1.36 bits per heavy atom. The topological polar surface area (TPSA) is 41.1 Å². The molecule has 1 heterocycles. The van der Waals surface area contributed by atoms with E-state index in [4.69, 9.17) is 0 Å². The number of carbonyl (C=O) groups is 1. The van der Waals surface area contributed by atoms with Gasteiger partial charge in [0.05, 0.1) is 5.56 Å². The van der Waals surface area contributed by atoms with Crippen molar-refractivity contribution >= 4 is 5.91 Å². The van der Waals surface area contributed by atoms with Crippen molar-refractivity contribution in [2.45, 2.75) is 38.4 Å². The minimum Gasteiger partial charge on any atom is -0.354 e. The fourth-order valence-corrected chi connectivity index (χ4v) is 2.61. The van der Waals surface area contributed by atoms with Crippen LogP contribution in [0, 0.1) is 5.92 Å². The van der Waals surface area contributed by atoms with E-state index < -0.39 is 11.7 Å². The molecule has 2 N–H and O–H groups in total. The first-order valence-electron chi connectivity index (χ1n) is 7.53. The van der Waals surface area contributed by atoms with Crippen LogP contribution in [0.2, 0.25) is 0 Å².